The second-order valence-electron chi connectivity index (χ2n) is 3.42. The fourth-order valence-corrected chi connectivity index (χ4v) is 1.37. The largest absolute Gasteiger partial charge is 0.504 e. The van der Waals surface area contributed by atoms with E-state index in [0.717, 1.165) is 11.1 Å². The first-order chi connectivity index (χ1) is 6.45. The quantitative estimate of drug-likeness (QED) is 0.703. The number of rotatable bonds is 2. The fraction of sp³-hybridized carbons (Fsp3) is 0.167. The Balaban J connectivity index is 3.53. The van der Waals surface area contributed by atoms with E-state index in [0.29, 0.717) is 11.1 Å². The molecular weight excluding hydrogens is 176 g/mol. The first kappa shape index (κ1) is 10.4. The van der Waals surface area contributed by atoms with Crippen LogP contribution in [0.2, 0.25) is 0 Å². The molecule has 0 amide bonds. The van der Waals surface area contributed by atoms with Crippen LogP contribution in [0.15, 0.2) is 25.3 Å². The number of phenolic OH excluding ortho intramolecular Hbond substituents is 2. The molecule has 0 unspecified atom stereocenters. The summed E-state index contributed by atoms with van der Waals surface area (Å²) in [7, 11) is 0. The lowest BCUT2D eigenvalue weighted by molar-refractivity contribution is 0.402. The molecule has 0 heterocycles. The lowest BCUT2D eigenvalue weighted by Gasteiger charge is -2.12. The topological polar surface area (TPSA) is 40.5 Å². The summed E-state index contributed by atoms with van der Waals surface area (Å²) in [6.07, 6.45) is 0. The van der Waals surface area contributed by atoms with Gasteiger partial charge >= 0.3 is 0 Å². The van der Waals surface area contributed by atoms with Crippen LogP contribution in [0, 0.1) is 0 Å². The maximum Gasteiger partial charge on any atom is 0.165 e. The zero-order valence-electron chi connectivity index (χ0n) is 8.46. The Morgan fingerprint density at radius 2 is 1.64 bits per heavy atom. The highest BCUT2D eigenvalue weighted by atomic mass is 16.3. The first-order valence-corrected chi connectivity index (χ1v) is 4.32. The van der Waals surface area contributed by atoms with E-state index in [4.69, 9.17) is 0 Å². The van der Waals surface area contributed by atoms with Crippen LogP contribution in [0.25, 0.3) is 11.1 Å². The minimum atomic E-state index is -0.131. The normalized spacial score (nSPS) is 9.86. The van der Waals surface area contributed by atoms with Gasteiger partial charge in [-0.05, 0) is 31.1 Å². The molecule has 74 valence electrons. The van der Waals surface area contributed by atoms with Gasteiger partial charge in [0.25, 0.3) is 0 Å². The Labute approximate surface area is 83.8 Å². The number of allylic oxidation sites excluding steroid dienone is 2. The molecule has 0 atom stereocenters. The van der Waals surface area contributed by atoms with E-state index in [1.165, 1.54) is 6.07 Å². The monoisotopic (exact) mass is 190 g/mol. The molecule has 0 aliphatic carbocycles. The van der Waals surface area contributed by atoms with Gasteiger partial charge in [0.1, 0.15) is 0 Å². The number of phenols is 2. The van der Waals surface area contributed by atoms with Gasteiger partial charge in [0.15, 0.2) is 11.5 Å². The number of benzene rings is 1. The summed E-state index contributed by atoms with van der Waals surface area (Å²) in [4.78, 5) is 0. The number of hydrogen-bond acceptors (Lipinski definition) is 2. The third-order valence-corrected chi connectivity index (χ3v) is 2.04. The van der Waals surface area contributed by atoms with E-state index in [9.17, 15) is 10.2 Å². The van der Waals surface area contributed by atoms with Gasteiger partial charge in [-0.25, -0.2) is 0 Å². The van der Waals surface area contributed by atoms with Crippen LogP contribution in [0.5, 0.6) is 11.5 Å². The van der Waals surface area contributed by atoms with Crippen LogP contribution in [-0.2, 0) is 0 Å². The molecule has 0 spiro atoms. The molecule has 0 aliphatic rings. The molecule has 0 saturated carbocycles. The molecular formula is C12H14O2. The van der Waals surface area contributed by atoms with Gasteiger partial charge < -0.3 is 10.2 Å². The molecule has 2 nitrogen and oxygen atoms in total. The highest BCUT2D eigenvalue weighted by Crippen LogP contribution is 2.37. The average molecular weight is 190 g/mol. The van der Waals surface area contributed by atoms with Crippen LogP contribution >= 0.6 is 0 Å². The summed E-state index contributed by atoms with van der Waals surface area (Å²) in [5.74, 6) is -0.258. The van der Waals surface area contributed by atoms with Gasteiger partial charge in [0.05, 0.1) is 0 Å². The standard InChI is InChI=1S/C12H14O2/c1-7(2)9-5-6-10(13)12(14)11(9)8(3)4/h5-6,13-14H,1,3H2,2,4H3. The van der Waals surface area contributed by atoms with Crippen LogP contribution in [0.1, 0.15) is 25.0 Å². The zero-order valence-corrected chi connectivity index (χ0v) is 8.46. The predicted octanol–water partition coefficient (Wildman–Crippen LogP) is 3.16. The molecule has 0 aromatic heterocycles. The average Bonchev–Trinajstić information content (AvgIpc) is 2.08. The maximum absolute atomic E-state index is 9.65. The summed E-state index contributed by atoms with van der Waals surface area (Å²) in [5, 5.41) is 19.0. The predicted molar refractivity (Wildman–Crippen MR) is 59.2 cm³/mol. The van der Waals surface area contributed by atoms with Crippen LogP contribution in [0.4, 0.5) is 0 Å². The van der Waals surface area contributed by atoms with Crippen molar-refractivity contribution in [2.75, 3.05) is 0 Å². The Morgan fingerprint density at radius 3 is 2.07 bits per heavy atom. The summed E-state index contributed by atoms with van der Waals surface area (Å²) in [6.45, 7) is 11.2. The van der Waals surface area contributed by atoms with Gasteiger partial charge in [-0.15, -0.1) is 0 Å². The minimum absolute atomic E-state index is 0.127. The van der Waals surface area contributed by atoms with Gasteiger partial charge in [-0.3, -0.25) is 0 Å². The van der Waals surface area contributed by atoms with E-state index in [-0.39, 0.29) is 11.5 Å². The Morgan fingerprint density at radius 1 is 1.07 bits per heavy atom. The lowest BCUT2D eigenvalue weighted by atomic mass is 9.96. The molecule has 14 heavy (non-hydrogen) atoms. The highest BCUT2D eigenvalue weighted by molar-refractivity contribution is 5.81. The lowest BCUT2D eigenvalue weighted by Crippen LogP contribution is -1.89. The number of aromatic hydroxyl groups is 2. The Hall–Kier alpha value is -1.70. The fourth-order valence-electron chi connectivity index (χ4n) is 1.37. The molecule has 0 aliphatic heterocycles. The van der Waals surface area contributed by atoms with Crippen molar-refractivity contribution < 1.29 is 10.2 Å². The van der Waals surface area contributed by atoms with Crippen LogP contribution in [0.3, 0.4) is 0 Å². The highest BCUT2D eigenvalue weighted by Gasteiger charge is 2.12. The van der Waals surface area contributed by atoms with Crippen molar-refractivity contribution in [2.45, 2.75) is 13.8 Å². The molecule has 0 saturated heterocycles. The molecule has 1 aromatic carbocycles. The van der Waals surface area contributed by atoms with Gasteiger partial charge in [0, 0.05) is 5.56 Å². The minimum Gasteiger partial charge on any atom is -0.504 e. The summed E-state index contributed by atoms with van der Waals surface area (Å²) >= 11 is 0. The van der Waals surface area contributed by atoms with Gasteiger partial charge in [-0.1, -0.05) is 24.8 Å². The third-order valence-electron chi connectivity index (χ3n) is 2.04. The summed E-state index contributed by atoms with van der Waals surface area (Å²) in [6, 6.07) is 3.17. The van der Waals surface area contributed by atoms with Crippen molar-refractivity contribution in [3.8, 4) is 11.5 Å². The van der Waals surface area contributed by atoms with E-state index in [1.54, 1.807) is 13.0 Å². The van der Waals surface area contributed by atoms with Crippen molar-refractivity contribution in [1.82, 2.24) is 0 Å². The SMILES string of the molecule is C=C(C)c1ccc(O)c(O)c1C(=C)C. The number of hydrogen-bond donors (Lipinski definition) is 2. The van der Waals surface area contributed by atoms with E-state index in [2.05, 4.69) is 13.2 Å². The molecule has 2 heteroatoms. The van der Waals surface area contributed by atoms with Gasteiger partial charge in [0.2, 0.25) is 0 Å². The van der Waals surface area contributed by atoms with Crippen molar-refractivity contribution >= 4 is 11.1 Å². The zero-order chi connectivity index (χ0) is 10.9. The van der Waals surface area contributed by atoms with Crippen LogP contribution < -0.4 is 0 Å². The van der Waals surface area contributed by atoms with Crippen LogP contribution in [-0.4, -0.2) is 10.2 Å². The first-order valence-electron chi connectivity index (χ1n) is 4.32. The van der Waals surface area contributed by atoms with Gasteiger partial charge in [-0.2, -0.15) is 0 Å². The summed E-state index contributed by atoms with van der Waals surface area (Å²) < 4.78 is 0. The second-order valence-corrected chi connectivity index (χ2v) is 3.42. The molecule has 1 rings (SSSR count). The van der Waals surface area contributed by atoms with Crippen molar-refractivity contribution in [1.29, 1.82) is 0 Å². The van der Waals surface area contributed by atoms with E-state index >= 15 is 0 Å². The molecule has 0 radical (unpaired) electrons. The van der Waals surface area contributed by atoms with E-state index < -0.39 is 0 Å². The van der Waals surface area contributed by atoms with E-state index in [1.807, 2.05) is 6.92 Å². The molecule has 1 aromatic rings. The Bertz CT molecular complexity index is 403. The maximum atomic E-state index is 9.65. The molecule has 0 fully saturated rings. The summed E-state index contributed by atoms with van der Waals surface area (Å²) in [5.41, 5.74) is 2.92. The smallest absolute Gasteiger partial charge is 0.165 e. The third kappa shape index (κ3) is 1.64. The van der Waals surface area contributed by atoms with Crippen molar-refractivity contribution in [3.63, 3.8) is 0 Å². The molecule has 2 N–H and O–H groups in total. The molecule has 0 bridgehead atoms. The Kier molecular flexibility index (Phi) is 2.65. The van der Waals surface area contributed by atoms with Crippen molar-refractivity contribution in [2.24, 2.45) is 0 Å². The second kappa shape index (κ2) is 3.58. The van der Waals surface area contributed by atoms with Crippen molar-refractivity contribution in [3.05, 3.63) is 36.4 Å².